The zero-order valence-corrected chi connectivity index (χ0v) is 17.1. The summed E-state index contributed by atoms with van der Waals surface area (Å²) in [6.07, 6.45) is 1.75. The van der Waals surface area contributed by atoms with Crippen molar-refractivity contribution in [3.63, 3.8) is 0 Å². The first-order chi connectivity index (χ1) is 13.4. The average molecular weight is 393 g/mol. The highest BCUT2D eigenvalue weighted by atomic mass is 19.3. The Morgan fingerprint density at radius 2 is 1.93 bits per heavy atom. The lowest BCUT2D eigenvalue weighted by atomic mass is 10.1. The molecule has 8 heteroatoms. The first-order valence-electron chi connectivity index (χ1n) is 9.42. The predicted octanol–water partition coefficient (Wildman–Crippen LogP) is 3.32. The molecule has 1 aromatic carbocycles. The maximum absolute atomic E-state index is 12.6. The summed E-state index contributed by atoms with van der Waals surface area (Å²) in [5.74, 6) is 0.745. The van der Waals surface area contributed by atoms with Crippen LogP contribution in [0, 0.1) is 6.92 Å². The second-order valence-electron chi connectivity index (χ2n) is 6.47. The molecule has 0 unspecified atom stereocenters. The van der Waals surface area contributed by atoms with Crippen LogP contribution in [0.25, 0.3) is 0 Å². The van der Waals surface area contributed by atoms with Crippen molar-refractivity contribution in [2.45, 2.75) is 53.3 Å². The number of hydrogen-bond donors (Lipinski definition) is 2. The van der Waals surface area contributed by atoms with Crippen molar-refractivity contribution in [3.8, 4) is 5.75 Å². The van der Waals surface area contributed by atoms with E-state index in [0.29, 0.717) is 24.6 Å². The number of halogens is 2. The number of alkyl halides is 2. The van der Waals surface area contributed by atoms with Gasteiger partial charge in [-0.05, 0) is 25.8 Å². The molecule has 0 amide bonds. The van der Waals surface area contributed by atoms with E-state index >= 15 is 0 Å². The van der Waals surface area contributed by atoms with E-state index in [1.165, 1.54) is 11.3 Å². The number of nitrogens with one attached hydrogen (secondary N) is 2. The molecule has 0 saturated heterocycles. The van der Waals surface area contributed by atoms with Gasteiger partial charge in [0.25, 0.3) is 0 Å². The summed E-state index contributed by atoms with van der Waals surface area (Å²) in [7, 11) is 3.63. The highest BCUT2D eigenvalue weighted by Crippen LogP contribution is 2.22. The number of rotatable bonds is 8. The molecule has 0 aliphatic rings. The van der Waals surface area contributed by atoms with E-state index in [-0.39, 0.29) is 5.75 Å². The number of ether oxygens (including phenoxy) is 1. The summed E-state index contributed by atoms with van der Waals surface area (Å²) in [5, 5.41) is 11.0. The molecule has 0 aliphatic carbocycles. The molecule has 2 rings (SSSR count). The number of guanidine groups is 1. The number of aryl methyl sites for hydroxylation is 3. The molecule has 154 valence electrons. The normalized spacial score (nSPS) is 11.8. The van der Waals surface area contributed by atoms with E-state index in [9.17, 15) is 8.78 Å². The molecule has 28 heavy (non-hydrogen) atoms. The Labute approximate surface area is 165 Å². The third kappa shape index (κ3) is 5.43. The fraction of sp³-hybridized carbons (Fsp3) is 0.500. The molecule has 0 bridgehead atoms. The van der Waals surface area contributed by atoms with Crippen molar-refractivity contribution in [3.05, 3.63) is 46.3 Å². The van der Waals surface area contributed by atoms with Gasteiger partial charge < -0.3 is 15.4 Å². The third-order valence-corrected chi connectivity index (χ3v) is 4.56. The van der Waals surface area contributed by atoms with Crippen LogP contribution in [0.3, 0.4) is 0 Å². The highest BCUT2D eigenvalue weighted by molar-refractivity contribution is 5.79. The largest absolute Gasteiger partial charge is 0.434 e. The van der Waals surface area contributed by atoms with Crippen molar-refractivity contribution < 1.29 is 13.5 Å². The smallest absolute Gasteiger partial charge is 0.387 e. The Kier molecular flexibility index (Phi) is 7.78. The van der Waals surface area contributed by atoms with Crippen LogP contribution in [0.4, 0.5) is 8.78 Å². The number of aromatic nitrogens is 2. The standard InChI is InChI=1S/C20H29F2N5O/c1-6-16-15(17(7-2)27(5)26-16)12-25-20(23-4)24-11-14-10-13(3)8-9-18(14)28-19(21)22/h8-10,19H,6-7,11-12H2,1-5H3,(H2,23,24,25). The molecular weight excluding hydrogens is 364 g/mol. The number of aliphatic imine (C=N–C) groups is 1. The first kappa shape index (κ1) is 21.7. The van der Waals surface area contributed by atoms with Crippen molar-refractivity contribution in [1.82, 2.24) is 20.4 Å². The molecule has 0 fully saturated rings. The molecule has 6 nitrogen and oxygen atoms in total. The zero-order valence-electron chi connectivity index (χ0n) is 17.1. The fourth-order valence-electron chi connectivity index (χ4n) is 3.22. The lowest BCUT2D eigenvalue weighted by Gasteiger charge is -2.15. The highest BCUT2D eigenvalue weighted by Gasteiger charge is 2.14. The van der Waals surface area contributed by atoms with Crippen molar-refractivity contribution in [2.75, 3.05) is 7.05 Å². The summed E-state index contributed by atoms with van der Waals surface area (Å²) in [6.45, 7) is 4.15. The van der Waals surface area contributed by atoms with Gasteiger partial charge in [0.1, 0.15) is 5.75 Å². The van der Waals surface area contributed by atoms with E-state index in [0.717, 1.165) is 24.1 Å². The van der Waals surface area contributed by atoms with E-state index in [2.05, 4.69) is 39.3 Å². The Balaban J connectivity index is 2.06. The number of hydrogen-bond acceptors (Lipinski definition) is 3. The van der Waals surface area contributed by atoms with Gasteiger partial charge in [0, 0.05) is 44.0 Å². The Morgan fingerprint density at radius 3 is 2.54 bits per heavy atom. The molecule has 0 aliphatic heterocycles. The van der Waals surface area contributed by atoms with Gasteiger partial charge in [-0.1, -0.05) is 31.5 Å². The minimum atomic E-state index is -2.86. The summed E-state index contributed by atoms with van der Waals surface area (Å²) >= 11 is 0. The Bertz CT molecular complexity index is 817. The van der Waals surface area contributed by atoms with Crippen molar-refractivity contribution in [1.29, 1.82) is 0 Å². The molecule has 0 radical (unpaired) electrons. The van der Waals surface area contributed by atoms with E-state index in [1.807, 2.05) is 24.7 Å². The van der Waals surface area contributed by atoms with Gasteiger partial charge in [0.05, 0.1) is 5.69 Å². The van der Waals surface area contributed by atoms with Crippen LogP contribution in [-0.4, -0.2) is 29.4 Å². The van der Waals surface area contributed by atoms with Gasteiger partial charge in [-0.25, -0.2) is 0 Å². The van der Waals surface area contributed by atoms with Gasteiger partial charge in [0.15, 0.2) is 5.96 Å². The molecule has 0 spiro atoms. The lowest BCUT2D eigenvalue weighted by molar-refractivity contribution is -0.0504. The first-order valence-corrected chi connectivity index (χ1v) is 9.42. The molecular formula is C20H29F2N5O. The quantitative estimate of drug-likeness (QED) is 0.534. The summed E-state index contributed by atoms with van der Waals surface area (Å²) in [4.78, 5) is 4.23. The number of benzene rings is 1. The van der Waals surface area contributed by atoms with Gasteiger partial charge in [-0.3, -0.25) is 9.67 Å². The van der Waals surface area contributed by atoms with Gasteiger partial charge in [-0.2, -0.15) is 13.9 Å². The van der Waals surface area contributed by atoms with Crippen LogP contribution in [-0.2, 0) is 33.0 Å². The third-order valence-electron chi connectivity index (χ3n) is 4.56. The van der Waals surface area contributed by atoms with E-state index < -0.39 is 6.61 Å². The average Bonchev–Trinajstić information content (AvgIpc) is 2.98. The molecule has 0 saturated carbocycles. The molecule has 1 aromatic heterocycles. The summed E-state index contributed by atoms with van der Waals surface area (Å²) in [6, 6.07) is 5.13. The maximum atomic E-state index is 12.6. The minimum Gasteiger partial charge on any atom is -0.434 e. The fourth-order valence-corrected chi connectivity index (χ4v) is 3.22. The maximum Gasteiger partial charge on any atom is 0.387 e. The topological polar surface area (TPSA) is 63.5 Å². The van der Waals surface area contributed by atoms with Crippen LogP contribution in [0.2, 0.25) is 0 Å². The summed E-state index contributed by atoms with van der Waals surface area (Å²) in [5.41, 5.74) is 5.04. The van der Waals surface area contributed by atoms with Crippen molar-refractivity contribution in [2.24, 2.45) is 12.0 Å². The van der Waals surface area contributed by atoms with Crippen LogP contribution in [0.1, 0.15) is 41.9 Å². The molecule has 2 aromatic rings. The number of nitrogens with zero attached hydrogens (tertiary/aromatic N) is 3. The van der Waals surface area contributed by atoms with E-state index in [4.69, 9.17) is 0 Å². The van der Waals surface area contributed by atoms with Crippen molar-refractivity contribution >= 4 is 5.96 Å². The SMILES string of the molecule is CCc1nn(C)c(CC)c1CNC(=NC)NCc1cc(C)ccc1OC(F)F. The van der Waals surface area contributed by atoms with Crippen LogP contribution in [0.5, 0.6) is 5.75 Å². The Hall–Kier alpha value is -2.64. The minimum absolute atomic E-state index is 0.164. The monoisotopic (exact) mass is 393 g/mol. The van der Waals surface area contributed by atoms with Gasteiger partial charge in [-0.15, -0.1) is 0 Å². The van der Waals surface area contributed by atoms with Crippen LogP contribution < -0.4 is 15.4 Å². The van der Waals surface area contributed by atoms with Gasteiger partial charge >= 0.3 is 6.61 Å². The second kappa shape index (κ2) is 10.1. The molecule has 0 atom stereocenters. The van der Waals surface area contributed by atoms with Crippen LogP contribution >= 0.6 is 0 Å². The van der Waals surface area contributed by atoms with Crippen LogP contribution in [0.15, 0.2) is 23.2 Å². The Morgan fingerprint density at radius 1 is 1.21 bits per heavy atom. The molecule has 2 N–H and O–H groups in total. The second-order valence-corrected chi connectivity index (χ2v) is 6.47. The predicted molar refractivity (Wildman–Crippen MR) is 107 cm³/mol. The zero-order chi connectivity index (χ0) is 20.7. The van der Waals surface area contributed by atoms with E-state index in [1.54, 1.807) is 19.2 Å². The lowest BCUT2D eigenvalue weighted by Crippen LogP contribution is -2.36. The molecule has 1 heterocycles. The summed E-state index contributed by atoms with van der Waals surface area (Å²) < 4.78 is 31.8. The van der Waals surface area contributed by atoms with Gasteiger partial charge in [0.2, 0.25) is 0 Å².